The van der Waals surface area contributed by atoms with Crippen LogP contribution in [0.5, 0.6) is 5.75 Å². The summed E-state index contributed by atoms with van der Waals surface area (Å²) in [5.41, 5.74) is 1.84. The van der Waals surface area contributed by atoms with E-state index in [0.717, 1.165) is 49.4 Å². The van der Waals surface area contributed by atoms with Crippen LogP contribution in [0.3, 0.4) is 0 Å². The number of benzene rings is 1. The zero-order chi connectivity index (χ0) is 20.8. The predicted octanol–water partition coefficient (Wildman–Crippen LogP) is 3.09. The summed E-state index contributed by atoms with van der Waals surface area (Å²) in [6.07, 6.45) is 5.08. The van der Waals surface area contributed by atoms with Gasteiger partial charge in [-0.25, -0.2) is 4.79 Å². The number of morpholine rings is 1. The minimum Gasteiger partial charge on any atom is -0.495 e. The fourth-order valence-corrected chi connectivity index (χ4v) is 4.28. The lowest BCUT2D eigenvalue weighted by Gasteiger charge is -2.50. The minimum absolute atomic E-state index is 0.243. The summed E-state index contributed by atoms with van der Waals surface area (Å²) < 4.78 is 16.7. The van der Waals surface area contributed by atoms with Gasteiger partial charge in [-0.15, -0.1) is 0 Å². The second-order valence-electron chi connectivity index (χ2n) is 7.98. The van der Waals surface area contributed by atoms with E-state index in [2.05, 4.69) is 9.88 Å². The standard InChI is InChI=1S/C23H29N3O4/c1-28-21-13-20(14-24-15-21)16-25-9-7-23(8-10-25)18-29-12-11-26(23)22(27)30-17-19-5-3-2-4-6-19/h2-6,13-15H,7-12,16-18H2,1H3. The number of ether oxygens (including phenoxy) is 3. The molecule has 3 heterocycles. The average Bonchev–Trinajstić information content (AvgIpc) is 2.80. The highest BCUT2D eigenvalue weighted by molar-refractivity contribution is 5.69. The van der Waals surface area contributed by atoms with Crippen molar-refractivity contribution in [2.45, 2.75) is 31.5 Å². The number of nitrogens with zero attached hydrogens (tertiary/aromatic N) is 3. The van der Waals surface area contributed by atoms with Crippen LogP contribution in [0.15, 0.2) is 48.8 Å². The van der Waals surface area contributed by atoms with Crippen molar-refractivity contribution in [2.24, 2.45) is 0 Å². The molecule has 4 rings (SSSR count). The van der Waals surface area contributed by atoms with Crippen LogP contribution in [-0.2, 0) is 22.6 Å². The molecule has 1 amide bonds. The molecule has 2 aromatic rings. The Labute approximate surface area is 177 Å². The molecule has 2 aliphatic heterocycles. The summed E-state index contributed by atoms with van der Waals surface area (Å²) in [6.45, 7) is 4.60. The number of pyridine rings is 1. The fourth-order valence-electron chi connectivity index (χ4n) is 4.28. The van der Waals surface area contributed by atoms with Crippen LogP contribution >= 0.6 is 0 Å². The highest BCUT2D eigenvalue weighted by Gasteiger charge is 2.45. The van der Waals surface area contributed by atoms with Gasteiger partial charge in [-0.05, 0) is 30.0 Å². The molecule has 1 aromatic carbocycles. The van der Waals surface area contributed by atoms with Gasteiger partial charge < -0.3 is 14.2 Å². The normalized spacial score (nSPS) is 18.9. The molecule has 0 bridgehead atoms. The van der Waals surface area contributed by atoms with Crippen molar-refractivity contribution >= 4 is 6.09 Å². The number of rotatable bonds is 5. The molecule has 7 heteroatoms. The summed E-state index contributed by atoms with van der Waals surface area (Å²) in [5.74, 6) is 0.772. The molecule has 0 unspecified atom stereocenters. The Morgan fingerprint density at radius 1 is 1.13 bits per heavy atom. The number of likely N-dealkylation sites (tertiary alicyclic amines) is 1. The van der Waals surface area contributed by atoms with Crippen molar-refractivity contribution in [3.05, 3.63) is 59.9 Å². The summed E-state index contributed by atoms with van der Waals surface area (Å²) in [6, 6.07) is 11.8. The van der Waals surface area contributed by atoms with Gasteiger partial charge in [-0.1, -0.05) is 30.3 Å². The first kappa shape index (κ1) is 20.6. The Bertz CT molecular complexity index is 837. The third-order valence-electron chi connectivity index (χ3n) is 6.03. The van der Waals surface area contributed by atoms with Crippen molar-refractivity contribution in [1.29, 1.82) is 0 Å². The smallest absolute Gasteiger partial charge is 0.410 e. The van der Waals surface area contributed by atoms with E-state index >= 15 is 0 Å². The van der Waals surface area contributed by atoms with E-state index in [-0.39, 0.29) is 11.6 Å². The zero-order valence-electron chi connectivity index (χ0n) is 17.5. The SMILES string of the molecule is COc1cncc(CN2CCC3(CC2)COCCN3C(=O)OCc2ccccc2)c1. The van der Waals surface area contributed by atoms with E-state index in [9.17, 15) is 4.79 Å². The van der Waals surface area contributed by atoms with Crippen LogP contribution in [0.1, 0.15) is 24.0 Å². The minimum atomic E-state index is -0.283. The lowest BCUT2D eigenvalue weighted by Crippen LogP contribution is -2.63. The maximum atomic E-state index is 12.9. The second-order valence-corrected chi connectivity index (χ2v) is 7.98. The van der Waals surface area contributed by atoms with Crippen LogP contribution in [0.2, 0.25) is 0 Å². The molecule has 0 radical (unpaired) electrons. The first-order valence-corrected chi connectivity index (χ1v) is 10.4. The van der Waals surface area contributed by atoms with Gasteiger partial charge in [0, 0.05) is 32.4 Å². The summed E-state index contributed by atoms with van der Waals surface area (Å²) in [7, 11) is 1.65. The van der Waals surface area contributed by atoms with Crippen LogP contribution in [0.25, 0.3) is 0 Å². The number of methoxy groups -OCH3 is 1. The third-order valence-corrected chi connectivity index (χ3v) is 6.03. The van der Waals surface area contributed by atoms with Crippen LogP contribution in [0.4, 0.5) is 4.79 Å². The Morgan fingerprint density at radius 3 is 2.70 bits per heavy atom. The number of amides is 1. The molecular weight excluding hydrogens is 382 g/mol. The molecule has 0 N–H and O–H groups in total. The largest absolute Gasteiger partial charge is 0.495 e. The molecule has 0 atom stereocenters. The first-order chi connectivity index (χ1) is 14.7. The van der Waals surface area contributed by atoms with Crippen molar-refractivity contribution in [3.63, 3.8) is 0 Å². The lowest BCUT2D eigenvalue weighted by molar-refractivity contribution is -0.0872. The highest BCUT2D eigenvalue weighted by atomic mass is 16.6. The second kappa shape index (κ2) is 9.45. The highest BCUT2D eigenvalue weighted by Crippen LogP contribution is 2.33. The summed E-state index contributed by atoms with van der Waals surface area (Å²) >= 11 is 0. The molecule has 2 fully saturated rings. The summed E-state index contributed by atoms with van der Waals surface area (Å²) in [5, 5.41) is 0. The van der Waals surface area contributed by atoms with Gasteiger partial charge in [0.1, 0.15) is 12.4 Å². The number of hydrogen-bond donors (Lipinski definition) is 0. The molecule has 160 valence electrons. The van der Waals surface area contributed by atoms with Crippen molar-refractivity contribution < 1.29 is 19.0 Å². The average molecular weight is 412 g/mol. The van der Waals surface area contributed by atoms with Gasteiger partial charge in [0.05, 0.1) is 32.1 Å². The number of aromatic nitrogens is 1. The quantitative estimate of drug-likeness (QED) is 0.753. The number of piperidine rings is 1. The Kier molecular flexibility index (Phi) is 6.50. The molecular formula is C23H29N3O4. The van der Waals surface area contributed by atoms with E-state index in [1.807, 2.05) is 47.5 Å². The Morgan fingerprint density at radius 2 is 1.93 bits per heavy atom. The number of hydrogen-bond acceptors (Lipinski definition) is 6. The van der Waals surface area contributed by atoms with Gasteiger partial charge in [0.2, 0.25) is 0 Å². The van der Waals surface area contributed by atoms with Crippen LogP contribution in [0, 0.1) is 0 Å². The van der Waals surface area contributed by atoms with E-state index in [1.54, 1.807) is 13.3 Å². The zero-order valence-corrected chi connectivity index (χ0v) is 17.5. The Hall–Kier alpha value is -2.64. The predicted molar refractivity (Wildman–Crippen MR) is 112 cm³/mol. The third kappa shape index (κ3) is 4.74. The van der Waals surface area contributed by atoms with Gasteiger partial charge in [0.25, 0.3) is 0 Å². The first-order valence-electron chi connectivity index (χ1n) is 10.4. The summed E-state index contributed by atoms with van der Waals surface area (Å²) in [4.78, 5) is 21.4. The van der Waals surface area contributed by atoms with Gasteiger partial charge in [-0.2, -0.15) is 0 Å². The number of carbonyl (C=O) groups is 1. The molecule has 7 nitrogen and oxygen atoms in total. The van der Waals surface area contributed by atoms with Gasteiger partial charge in [0.15, 0.2) is 0 Å². The van der Waals surface area contributed by atoms with Gasteiger partial charge in [-0.3, -0.25) is 14.8 Å². The van der Waals surface area contributed by atoms with Gasteiger partial charge >= 0.3 is 6.09 Å². The van der Waals surface area contributed by atoms with Crippen molar-refractivity contribution in [3.8, 4) is 5.75 Å². The topological polar surface area (TPSA) is 64.1 Å². The lowest BCUT2D eigenvalue weighted by atomic mass is 9.85. The molecule has 2 saturated heterocycles. The Balaban J connectivity index is 1.36. The van der Waals surface area contributed by atoms with E-state index in [1.165, 1.54) is 0 Å². The molecule has 0 saturated carbocycles. The molecule has 0 aliphatic carbocycles. The molecule has 1 aromatic heterocycles. The maximum Gasteiger partial charge on any atom is 0.410 e. The molecule has 30 heavy (non-hydrogen) atoms. The van der Waals surface area contributed by atoms with Crippen molar-refractivity contribution in [1.82, 2.24) is 14.8 Å². The van der Waals surface area contributed by atoms with E-state index in [0.29, 0.717) is 26.4 Å². The molecule has 2 aliphatic rings. The monoisotopic (exact) mass is 411 g/mol. The van der Waals surface area contributed by atoms with Crippen LogP contribution < -0.4 is 4.74 Å². The fraction of sp³-hybridized carbons (Fsp3) is 0.478. The molecule has 1 spiro atoms. The van der Waals surface area contributed by atoms with E-state index < -0.39 is 0 Å². The maximum absolute atomic E-state index is 12.9. The number of carbonyl (C=O) groups excluding carboxylic acids is 1. The van der Waals surface area contributed by atoms with Crippen LogP contribution in [-0.4, -0.2) is 66.4 Å². The van der Waals surface area contributed by atoms with E-state index in [4.69, 9.17) is 14.2 Å². The van der Waals surface area contributed by atoms with Crippen molar-refractivity contribution in [2.75, 3.05) is 40.0 Å².